The van der Waals surface area contributed by atoms with Crippen molar-refractivity contribution in [2.24, 2.45) is 0 Å². The first-order chi connectivity index (χ1) is 9.68. The van der Waals surface area contributed by atoms with Gasteiger partial charge in [0.1, 0.15) is 5.82 Å². The average Bonchev–Trinajstić information content (AvgIpc) is 2.94. The molecule has 1 heterocycles. The van der Waals surface area contributed by atoms with E-state index < -0.39 is 5.82 Å². The van der Waals surface area contributed by atoms with Crippen LogP contribution in [-0.2, 0) is 0 Å². The Morgan fingerprint density at radius 3 is 2.70 bits per heavy atom. The zero-order chi connectivity index (χ0) is 14.1. The number of aromatic amines is 1. The molecule has 2 aromatic carbocycles. The summed E-state index contributed by atoms with van der Waals surface area (Å²) in [5.74, 6) is -0.648. The number of fused-ring (bicyclic) bond motifs is 1. The number of hydrogen-bond acceptors (Lipinski definition) is 1. The first-order valence-corrected chi connectivity index (χ1v) is 6.27. The second-order valence-corrected chi connectivity index (χ2v) is 4.56. The molecule has 20 heavy (non-hydrogen) atoms. The molecule has 3 nitrogen and oxygen atoms in total. The Balaban J connectivity index is 2.05. The molecule has 0 bridgehead atoms. The first-order valence-electron chi connectivity index (χ1n) is 6.27. The van der Waals surface area contributed by atoms with Crippen LogP contribution in [0.15, 0.2) is 54.7 Å². The van der Waals surface area contributed by atoms with Crippen LogP contribution in [0, 0.1) is 5.82 Å². The SMILES string of the molecule is CN(C(=O)c1cccc2[nH]ccc12)c1ccccc1F. The molecule has 0 aliphatic carbocycles. The summed E-state index contributed by atoms with van der Waals surface area (Å²) in [5.41, 5.74) is 1.71. The molecule has 0 spiro atoms. The molecule has 0 atom stereocenters. The van der Waals surface area contributed by atoms with Gasteiger partial charge in [0, 0.05) is 29.7 Å². The lowest BCUT2D eigenvalue weighted by molar-refractivity contribution is 0.0994. The number of para-hydroxylation sites is 1. The van der Waals surface area contributed by atoms with Crippen LogP contribution in [0.25, 0.3) is 10.9 Å². The van der Waals surface area contributed by atoms with Crippen LogP contribution in [0.3, 0.4) is 0 Å². The molecule has 1 aromatic heterocycles. The lowest BCUT2D eigenvalue weighted by Gasteiger charge is -2.18. The quantitative estimate of drug-likeness (QED) is 0.757. The predicted octanol–water partition coefficient (Wildman–Crippen LogP) is 3.58. The number of amides is 1. The number of nitrogens with one attached hydrogen (secondary N) is 1. The Kier molecular flexibility index (Phi) is 2.99. The Morgan fingerprint density at radius 2 is 1.90 bits per heavy atom. The van der Waals surface area contributed by atoms with Gasteiger partial charge in [-0.2, -0.15) is 0 Å². The molecule has 0 saturated heterocycles. The van der Waals surface area contributed by atoms with Gasteiger partial charge in [-0.1, -0.05) is 18.2 Å². The third kappa shape index (κ3) is 1.95. The molecule has 1 N–H and O–H groups in total. The zero-order valence-electron chi connectivity index (χ0n) is 10.9. The van der Waals surface area contributed by atoms with Crippen molar-refractivity contribution in [3.05, 3.63) is 66.1 Å². The second kappa shape index (κ2) is 4.81. The van der Waals surface area contributed by atoms with Gasteiger partial charge in [0.25, 0.3) is 5.91 Å². The third-order valence-corrected chi connectivity index (χ3v) is 3.34. The zero-order valence-corrected chi connectivity index (χ0v) is 10.9. The number of benzene rings is 2. The molecule has 4 heteroatoms. The summed E-state index contributed by atoms with van der Waals surface area (Å²) in [4.78, 5) is 16.9. The van der Waals surface area contributed by atoms with Crippen LogP contribution in [0.4, 0.5) is 10.1 Å². The summed E-state index contributed by atoms with van der Waals surface area (Å²) in [5, 5.41) is 0.834. The maximum Gasteiger partial charge on any atom is 0.258 e. The fraction of sp³-hybridized carbons (Fsp3) is 0.0625. The minimum Gasteiger partial charge on any atom is -0.361 e. The van der Waals surface area contributed by atoms with Crippen LogP contribution >= 0.6 is 0 Å². The predicted molar refractivity (Wildman–Crippen MR) is 77.4 cm³/mol. The molecule has 100 valence electrons. The van der Waals surface area contributed by atoms with E-state index in [4.69, 9.17) is 0 Å². The third-order valence-electron chi connectivity index (χ3n) is 3.34. The number of anilines is 1. The van der Waals surface area contributed by atoms with E-state index in [-0.39, 0.29) is 11.6 Å². The van der Waals surface area contributed by atoms with Crippen LogP contribution in [0.1, 0.15) is 10.4 Å². The van der Waals surface area contributed by atoms with E-state index in [1.165, 1.54) is 11.0 Å². The van der Waals surface area contributed by atoms with E-state index >= 15 is 0 Å². The van der Waals surface area contributed by atoms with Crippen LogP contribution < -0.4 is 4.90 Å². The van der Waals surface area contributed by atoms with Crippen molar-refractivity contribution in [1.82, 2.24) is 4.98 Å². The monoisotopic (exact) mass is 268 g/mol. The van der Waals surface area contributed by atoms with Crippen LogP contribution in [-0.4, -0.2) is 17.9 Å². The number of H-pyrrole nitrogens is 1. The van der Waals surface area contributed by atoms with Crippen molar-refractivity contribution < 1.29 is 9.18 Å². The standard InChI is InChI=1S/C16H13FN2O/c1-19(15-8-3-2-6-13(15)17)16(20)12-5-4-7-14-11(12)9-10-18-14/h2-10,18H,1H3. The number of aromatic nitrogens is 1. The van der Waals surface area contributed by atoms with Gasteiger partial charge in [0.2, 0.25) is 0 Å². The van der Waals surface area contributed by atoms with E-state index in [1.807, 2.05) is 12.1 Å². The largest absolute Gasteiger partial charge is 0.361 e. The normalized spacial score (nSPS) is 10.7. The molecule has 0 unspecified atom stereocenters. The Labute approximate surface area is 115 Å². The fourth-order valence-electron chi connectivity index (χ4n) is 2.29. The van der Waals surface area contributed by atoms with Gasteiger partial charge in [-0.3, -0.25) is 4.79 Å². The van der Waals surface area contributed by atoms with Gasteiger partial charge in [-0.25, -0.2) is 4.39 Å². The van der Waals surface area contributed by atoms with Gasteiger partial charge in [-0.05, 0) is 30.3 Å². The second-order valence-electron chi connectivity index (χ2n) is 4.56. The highest BCUT2D eigenvalue weighted by Crippen LogP contribution is 2.23. The van der Waals surface area contributed by atoms with Gasteiger partial charge in [-0.15, -0.1) is 0 Å². The maximum absolute atomic E-state index is 13.8. The highest BCUT2D eigenvalue weighted by Gasteiger charge is 2.18. The molecular formula is C16H13FN2O. The van der Waals surface area contributed by atoms with E-state index in [0.717, 1.165) is 10.9 Å². The summed E-state index contributed by atoms with van der Waals surface area (Å²) in [6, 6.07) is 13.5. The Morgan fingerprint density at radius 1 is 1.10 bits per heavy atom. The molecule has 1 amide bonds. The van der Waals surface area contributed by atoms with Crippen molar-refractivity contribution in [3.63, 3.8) is 0 Å². The minimum absolute atomic E-state index is 0.236. The van der Waals surface area contributed by atoms with Crippen molar-refractivity contribution in [1.29, 1.82) is 0 Å². The number of halogens is 1. The van der Waals surface area contributed by atoms with Gasteiger partial charge in [0.05, 0.1) is 5.69 Å². The van der Waals surface area contributed by atoms with Crippen molar-refractivity contribution in [2.75, 3.05) is 11.9 Å². The number of carbonyl (C=O) groups is 1. The molecule has 3 rings (SSSR count). The topological polar surface area (TPSA) is 36.1 Å². The molecule has 0 saturated carbocycles. The Bertz CT molecular complexity index is 779. The van der Waals surface area contributed by atoms with Crippen LogP contribution in [0.5, 0.6) is 0 Å². The highest BCUT2D eigenvalue weighted by molar-refractivity contribution is 6.13. The van der Waals surface area contributed by atoms with E-state index in [2.05, 4.69) is 4.98 Å². The van der Waals surface area contributed by atoms with Gasteiger partial charge in [0.15, 0.2) is 0 Å². The van der Waals surface area contributed by atoms with Crippen molar-refractivity contribution in [2.45, 2.75) is 0 Å². The van der Waals surface area contributed by atoms with Gasteiger partial charge < -0.3 is 9.88 Å². The summed E-state index contributed by atoms with van der Waals surface area (Å²) < 4.78 is 13.8. The summed E-state index contributed by atoms with van der Waals surface area (Å²) in [6.45, 7) is 0. The van der Waals surface area contributed by atoms with Gasteiger partial charge >= 0.3 is 0 Å². The number of rotatable bonds is 2. The summed E-state index contributed by atoms with van der Waals surface area (Å²) >= 11 is 0. The first kappa shape index (κ1) is 12.4. The summed E-state index contributed by atoms with van der Waals surface area (Å²) in [6.07, 6.45) is 1.78. The molecule has 0 aliphatic heterocycles. The molecular weight excluding hydrogens is 255 g/mol. The van der Waals surface area contributed by atoms with Crippen molar-refractivity contribution in [3.8, 4) is 0 Å². The highest BCUT2D eigenvalue weighted by atomic mass is 19.1. The molecule has 3 aromatic rings. The maximum atomic E-state index is 13.8. The van der Waals surface area contributed by atoms with Crippen LogP contribution in [0.2, 0.25) is 0 Å². The van der Waals surface area contributed by atoms with E-state index in [1.54, 1.807) is 43.6 Å². The number of hydrogen-bond donors (Lipinski definition) is 1. The minimum atomic E-state index is -0.412. The molecule has 0 fully saturated rings. The number of carbonyl (C=O) groups excluding carboxylic acids is 1. The van der Waals surface area contributed by atoms with E-state index in [0.29, 0.717) is 5.56 Å². The van der Waals surface area contributed by atoms with Crippen molar-refractivity contribution >= 4 is 22.5 Å². The van der Waals surface area contributed by atoms with E-state index in [9.17, 15) is 9.18 Å². The summed E-state index contributed by atoms with van der Waals surface area (Å²) in [7, 11) is 1.58. The molecule has 0 aliphatic rings. The average molecular weight is 268 g/mol. The lowest BCUT2D eigenvalue weighted by atomic mass is 10.1. The smallest absolute Gasteiger partial charge is 0.258 e. The lowest BCUT2D eigenvalue weighted by Crippen LogP contribution is -2.27. The molecule has 0 radical (unpaired) electrons. The Hall–Kier alpha value is -2.62. The fourth-order valence-corrected chi connectivity index (χ4v) is 2.29. The number of nitrogens with zero attached hydrogens (tertiary/aromatic N) is 1.